The van der Waals surface area contributed by atoms with Gasteiger partial charge in [0, 0.05) is 19.0 Å². The van der Waals surface area contributed by atoms with E-state index in [9.17, 15) is 4.79 Å². The van der Waals surface area contributed by atoms with Gasteiger partial charge in [-0.3, -0.25) is 4.79 Å². The Hall–Kier alpha value is -1.93. The molecule has 1 atom stereocenters. The number of fused-ring (bicyclic) bond motifs is 1. The van der Waals surface area contributed by atoms with Crippen LogP contribution in [0.4, 0.5) is 0 Å². The lowest BCUT2D eigenvalue weighted by Crippen LogP contribution is -2.31. The number of aromatic nitrogens is 4. The Morgan fingerprint density at radius 2 is 2.07 bits per heavy atom. The monoisotopic (exact) mass is 413 g/mol. The fraction of sp³-hybridized carbons (Fsp3) is 0.500. The van der Waals surface area contributed by atoms with Crippen LogP contribution in [0.5, 0.6) is 0 Å². The Morgan fingerprint density at radius 1 is 1.29 bits per heavy atom. The molecule has 0 N–H and O–H groups in total. The maximum absolute atomic E-state index is 12.8. The molecule has 2 heterocycles. The van der Waals surface area contributed by atoms with E-state index in [1.807, 2.05) is 32.2 Å². The highest BCUT2D eigenvalue weighted by Gasteiger charge is 2.36. The molecule has 3 aromatic rings. The number of amides is 1. The Balaban J connectivity index is 1.26. The molecule has 0 spiro atoms. The Kier molecular flexibility index (Phi) is 4.63. The lowest BCUT2D eigenvalue weighted by molar-refractivity contribution is -0.128. The number of para-hydroxylation sites is 1. The minimum Gasteiger partial charge on any atom is -0.336 e. The minimum atomic E-state index is -0.0474. The predicted molar refractivity (Wildman–Crippen MR) is 112 cm³/mol. The molecule has 2 aromatic heterocycles. The zero-order chi connectivity index (χ0) is 19.3. The van der Waals surface area contributed by atoms with Crippen LogP contribution in [-0.4, -0.2) is 43.4 Å². The number of thiazole rings is 1. The molecule has 1 aromatic carbocycles. The Labute approximate surface area is 172 Å². The van der Waals surface area contributed by atoms with Crippen molar-refractivity contribution in [3.63, 3.8) is 0 Å². The second-order valence-electron chi connectivity index (χ2n) is 7.71. The topological polar surface area (TPSA) is 63.9 Å². The van der Waals surface area contributed by atoms with E-state index in [1.165, 1.54) is 37.4 Å². The van der Waals surface area contributed by atoms with Crippen molar-refractivity contribution in [1.82, 2.24) is 24.6 Å². The first-order valence-corrected chi connectivity index (χ1v) is 11.6. The molecule has 0 aliphatic heterocycles. The highest BCUT2D eigenvalue weighted by Crippen LogP contribution is 2.46. The van der Waals surface area contributed by atoms with Crippen LogP contribution in [0.2, 0.25) is 0 Å². The number of benzene rings is 1. The summed E-state index contributed by atoms with van der Waals surface area (Å²) in [5.74, 6) is 2.19. The van der Waals surface area contributed by atoms with E-state index >= 15 is 0 Å². The number of hydrogen-bond acceptors (Lipinski definition) is 6. The van der Waals surface area contributed by atoms with E-state index < -0.39 is 0 Å². The molecule has 1 amide bonds. The van der Waals surface area contributed by atoms with Crippen molar-refractivity contribution in [1.29, 1.82) is 0 Å². The molecular weight excluding hydrogens is 390 g/mol. The van der Waals surface area contributed by atoms with Gasteiger partial charge in [-0.25, -0.2) is 4.98 Å². The van der Waals surface area contributed by atoms with Crippen molar-refractivity contribution < 1.29 is 4.79 Å². The van der Waals surface area contributed by atoms with Crippen LogP contribution < -0.4 is 0 Å². The van der Waals surface area contributed by atoms with Crippen molar-refractivity contribution >= 4 is 39.2 Å². The molecule has 8 heteroatoms. The van der Waals surface area contributed by atoms with E-state index in [4.69, 9.17) is 4.98 Å². The van der Waals surface area contributed by atoms with Crippen molar-refractivity contribution in [3.8, 4) is 0 Å². The van der Waals surface area contributed by atoms with E-state index in [2.05, 4.69) is 20.8 Å². The fourth-order valence-electron chi connectivity index (χ4n) is 3.36. The van der Waals surface area contributed by atoms with Gasteiger partial charge in [0.1, 0.15) is 10.8 Å². The lowest BCUT2D eigenvalue weighted by Gasteiger charge is -2.23. The summed E-state index contributed by atoms with van der Waals surface area (Å²) in [5, 5.41) is 10.7. The summed E-state index contributed by atoms with van der Waals surface area (Å²) in [5.41, 5.74) is 0.995. The number of carbonyl (C=O) groups is 1. The van der Waals surface area contributed by atoms with Crippen molar-refractivity contribution in [2.24, 2.45) is 0 Å². The normalized spacial score (nSPS) is 17.8. The Bertz CT molecular complexity index is 988. The molecule has 0 radical (unpaired) electrons. The molecule has 2 aliphatic rings. The second-order valence-corrected chi connectivity index (χ2v) is 9.71. The predicted octanol–water partition coefficient (Wildman–Crippen LogP) is 4.41. The van der Waals surface area contributed by atoms with Gasteiger partial charge in [-0.2, -0.15) is 0 Å². The van der Waals surface area contributed by atoms with Crippen LogP contribution in [0.1, 0.15) is 61.4 Å². The molecule has 5 rings (SSSR count). The highest BCUT2D eigenvalue weighted by molar-refractivity contribution is 7.99. The maximum atomic E-state index is 12.8. The van der Waals surface area contributed by atoms with Gasteiger partial charge in [0.2, 0.25) is 5.91 Å². The largest absolute Gasteiger partial charge is 0.336 e. The third-order valence-electron chi connectivity index (χ3n) is 5.51. The highest BCUT2D eigenvalue weighted by atomic mass is 32.2. The summed E-state index contributed by atoms with van der Waals surface area (Å²) in [4.78, 5) is 19.3. The molecular formula is C20H23N5OS2. The van der Waals surface area contributed by atoms with Gasteiger partial charge in [0.15, 0.2) is 5.16 Å². The molecule has 2 aliphatic carbocycles. The maximum Gasteiger partial charge on any atom is 0.233 e. The van der Waals surface area contributed by atoms with Gasteiger partial charge in [-0.15, -0.1) is 21.5 Å². The minimum absolute atomic E-state index is 0.0474. The van der Waals surface area contributed by atoms with Crippen molar-refractivity contribution in [3.05, 3.63) is 35.1 Å². The summed E-state index contributed by atoms with van der Waals surface area (Å²) >= 11 is 3.17. The molecule has 146 valence electrons. The fourth-order valence-corrected chi connectivity index (χ4v) is 5.36. The van der Waals surface area contributed by atoms with Gasteiger partial charge < -0.3 is 9.47 Å². The molecule has 0 bridgehead atoms. The number of hydrogen-bond donors (Lipinski definition) is 0. The first-order valence-electron chi connectivity index (χ1n) is 9.80. The van der Waals surface area contributed by atoms with Crippen LogP contribution in [0.3, 0.4) is 0 Å². The number of thioether (sulfide) groups is 1. The molecule has 2 saturated carbocycles. The third-order valence-corrected chi connectivity index (χ3v) is 7.65. The third kappa shape index (κ3) is 3.43. The Morgan fingerprint density at radius 3 is 2.79 bits per heavy atom. The summed E-state index contributed by atoms with van der Waals surface area (Å²) in [7, 11) is 1.86. The van der Waals surface area contributed by atoms with Gasteiger partial charge in [-0.05, 0) is 44.7 Å². The van der Waals surface area contributed by atoms with Crippen molar-refractivity contribution in [2.75, 3.05) is 12.8 Å². The molecule has 1 unspecified atom stereocenters. The van der Waals surface area contributed by atoms with Crippen LogP contribution in [0, 0.1) is 0 Å². The summed E-state index contributed by atoms with van der Waals surface area (Å²) in [6.45, 7) is 2.04. The average molecular weight is 414 g/mol. The standard InChI is InChI=1S/C20H23N5OS2/c1-12(19-21-15-5-3-4-6-16(15)28-19)24(2)17(26)11-27-20-23-22-18(13-7-8-13)25(20)14-9-10-14/h3-6,12-14H,7-11H2,1-2H3. The molecule has 0 saturated heterocycles. The summed E-state index contributed by atoms with van der Waals surface area (Å²) in [6.07, 6.45) is 4.84. The lowest BCUT2D eigenvalue weighted by atomic mass is 10.3. The van der Waals surface area contributed by atoms with E-state index in [1.54, 1.807) is 16.2 Å². The van der Waals surface area contributed by atoms with Crippen LogP contribution >= 0.6 is 23.1 Å². The van der Waals surface area contributed by atoms with Crippen molar-refractivity contribution in [2.45, 2.75) is 55.8 Å². The van der Waals surface area contributed by atoms with Crippen LogP contribution in [0.15, 0.2) is 29.4 Å². The second kappa shape index (κ2) is 7.15. The summed E-state index contributed by atoms with van der Waals surface area (Å²) in [6, 6.07) is 8.60. The molecule has 6 nitrogen and oxygen atoms in total. The van der Waals surface area contributed by atoms with Crippen LogP contribution in [-0.2, 0) is 4.79 Å². The summed E-state index contributed by atoms with van der Waals surface area (Å²) < 4.78 is 3.46. The van der Waals surface area contributed by atoms with E-state index in [0.29, 0.717) is 17.7 Å². The average Bonchev–Trinajstić information content (AvgIpc) is 3.64. The van der Waals surface area contributed by atoms with Crippen LogP contribution in [0.25, 0.3) is 10.2 Å². The van der Waals surface area contributed by atoms with Gasteiger partial charge in [-0.1, -0.05) is 23.9 Å². The zero-order valence-electron chi connectivity index (χ0n) is 16.0. The van der Waals surface area contributed by atoms with Gasteiger partial charge >= 0.3 is 0 Å². The van der Waals surface area contributed by atoms with E-state index in [0.717, 1.165) is 26.2 Å². The number of rotatable bonds is 7. The molecule has 28 heavy (non-hydrogen) atoms. The SMILES string of the molecule is CC(c1nc2ccccc2s1)N(C)C(=O)CSc1nnc(C2CC2)n1C1CC1. The number of carbonyl (C=O) groups excluding carboxylic acids is 1. The number of nitrogens with zero attached hydrogens (tertiary/aromatic N) is 5. The zero-order valence-corrected chi connectivity index (χ0v) is 17.7. The van der Waals surface area contributed by atoms with E-state index in [-0.39, 0.29) is 11.9 Å². The molecule has 2 fully saturated rings. The first-order chi connectivity index (χ1) is 13.6. The first kappa shape index (κ1) is 18.1. The quantitative estimate of drug-likeness (QED) is 0.537. The smallest absolute Gasteiger partial charge is 0.233 e. The van der Waals surface area contributed by atoms with Gasteiger partial charge in [0.25, 0.3) is 0 Å². The van der Waals surface area contributed by atoms with Gasteiger partial charge in [0.05, 0.1) is 22.0 Å².